The molecule has 1 aromatic heterocycles. The van der Waals surface area contributed by atoms with Crippen molar-refractivity contribution in [1.29, 1.82) is 0 Å². The van der Waals surface area contributed by atoms with E-state index < -0.39 is 0 Å². The molecule has 0 bridgehead atoms. The van der Waals surface area contributed by atoms with E-state index in [1.807, 2.05) is 42.5 Å². The number of amides is 1. The maximum Gasteiger partial charge on any atom is 0.220 e. The van der Waals surface area contributed by atoms with Gasteiger partial charge in [0.05, 0.1) is 17.1 Å². The van der Waals surface area contributed by atoms with Gasteiger partial charge in [0.25, 0.3) is 0 Å². The van der Waals surface area contributed by atoms with E-state index >= 15 is 0 Å². The molecule has 1 atom stereocenters. The zero-order valence-corrected chi connectivity index (χ0v) is 15.5. The fraction of sp³-hybridized carbons (Fsp3) is 0.364. The van der Waals surface area contributed by atoms with Crippen LogP contribution in [0.25, 0.3) is 11.0 Å². The molecule has 2 N–H and O–H groups in total. The van der Waals surface area contributed by atoms with Crippen LogP contribution >= 0.6 is 0 Å². The van der Waals surface area contributed by atoms with Crippen LogP contribution in [-0.4, -0.2) is 15.9 Å². The Morgan fingerprint density at radius 2 is 1.81 bits per heavy atom. The van der Waals surface area contributed by atoms with Crippen molar-refractivity contribution in [2.75, 3.05) is 0 Å². The monoisotopic (exact) mass is 349 g/mol. The molecule has 3 aromatic rings. The van der Waals surface area contributed by atoms with Gasteiger partial charge in [-0.1, -0.05) is 56.3 Å². The number of para-hydroxylation sites is 2. The minimum atomic E-state index is -0.0772. The first-order valence-corrected chi connectivity index (χ1v) is 9.40. The van der Waals surface area contributed by atoms with Crippen molar-refractivity contribution in [2.45, 2.75) is 45.6 Å². The van der Waals surface area contributed by atoms with Gasteiger partial charge < -0.3 is 10.3 Å². The van der Waals surface area contributed by atoms with Crippen molar-refractivity contribution in [3.8, 4) is 0 Å². The standard InChI is InChI=1S/C22H27N3O/c1-16(2)15-20(22-24-18-12-6-7-13-19(18)25-22)23-21(26)14-8-11-17-9-4-3-5-10-17/h3-7,9-10,12-13,16,20H,8,11,14-15H2,1-2H3,(H,23,26)(H,24,25). The highest BCUT2D eigenvalue weighted by Crippen LogP contribution is 2.22. The number of aromatic nitrogens is 2. The number of aromatic amines is 1. The number of hydrogen-bond donors (Lipinski definition) is 2. The minimum absolute atomic E-state index is 0.0772. The van der Waals surface area contributed by atoms with Crippen LogP contribution in [0.1, 0.15) is 50.5 Å². The molecular formula is C22H27N3O. The zero-order chi connectivity index (χ0) is 18.4. The van der Waals surface area contributed by atoms with Crippen LogP contribution in [0.5, 0.6) is 0 Å². The molecule has 0 spiro atoms. The lowest BCUT2D eigenvalue weighted by molar-refractivity contribution is -0.122. The number of carbonyl (C=O) groups is 1. The Kier molecular flexibility index (Phi) is 6.05. The summed E-state index contributed by atoms with van der Waals surface area (Å²) in [4.78, 5) is 20.5. The number of rotatable bonds is 8. The smallest absolute Gasteiger partial charge is 0.220 e. The van der Waals surface area contributed by atoms with E-state index in [9.17, 15) is 4.79 Å². The van der Waals surface area contributed by atoms with Gasteiger partial charge >= 0.3 is 0 Å². The first-order valence-electron chi connectivity index (χ1n) is 9.40. The quantitative estimate of drug-likeness (QED) is 0.614. The molecular weight excluding hydrogens is 322 g/mol. The van der Waals surface area contributed by atoms with Gasteiger partial charge in [-0.3, -0.25) is 4.79 Å². The fourth-order valence-electron chi connectivity index (χ4n) is 3.21. The largest absolute Gasteiger partial charge is 0.346 e. The summed E-state index contributed by atoms with van der Waals surface area (Å²) in [6.07, 6.45) is 3.17. The summed E-state index contributed by atoms with van der Waals surface area (Å²) >= 11 is 0. The maximum atomic E-state index is 12.5. The van der Waals surface area contributed by atoms with Crippen molar-refractivity contribution < 1.29 is 4.79 Å². The fourth-order valence-corrected chi connectivity index (χ4v) is 3.21. The lowest BCUT2D eigenvalue weighted by Gasteiger charge is -2.18. The number of fused-ring (bicyclic) bond motifs is 1. The van der Waals surface area contributed by atoms with E-state index in [1.54, 1.807) is 0 Å². The van der Waals surface area contributed by atoms with E-state index in [1.165, 1.54) is 5.56 Å². The van der Waals surface area contributed by atoms with Crippen molar-refractivity contribution in [1.82, 2.24) is 15.3 Å². The molecule has 1 unspecified atom stereocenters. The predicted molar refractivity (Wildman–Crippen MR) is 106 cm³/mol. The van der Waals surface area contributed by atoms with E-state index in [2.05, 4.69) is 41.3 Å². The van der Waals surface area contributed by atoms with Crippen molar-refractivity contribution in [2.24, 2.45) is 5.92 Å². The number of nitrogens with one attached hydrogen (secondary N) is 2. The number of aryl methyl sites for hydroxylation is 1. The predicted octanol–water partition coefficient (Wildman–Crippen LogP) is 4.79. The van der Waals surface area contributed by atoms with Gasteiger partial charge in [0, 0.05) is 6.42 Å². The summed E-state index contributed by atoms with van der Waals surface area (Å²) in [6, 6.07) is 18.2. The average Bonchev–Trinajstić information content (AvgIpc) is 3.06. The molecule has 0 aliphatic carbocycles. The molecule has 1 heterocycles. The Balaban J connectivity index is 1.61. The first-order chi connectivity index (χ1) is 12.6. The molecule has 4 heteroatoms. The lowest BCUT2D eigenvalue weighted by Crippen LogP contribution is -2.30. The second kappa shape index (κ2) is 8.65. The van der Waals surface area contributed by atoms with Gasteiger partial charge in [-0.25, -0.2) is 4.98 Å². The first kappa shape index (κ1) is 18.2. The second-order valence-electron chi connectivity index (χ2n) is 7.23. The molecule has 4 nitrogen and oxygen atoms in total. The molecule has 0 saturated heterocycles. The Morgan fingerprint density at radius 1 is 1.08 bits per heavy atom. The Labute approximate surface area is 155 Å². The highest BCUT2D eigenvalue weighted by Gasteiger charge is 2.19. The van der Waals surface area contributed by atoms with Crippen LogP contribution in [0.4, 0.5) is 0 Å². The molecule has 3 rings (SSSR count). The van der Waals surface area contributed by atoms with Crippen LogP contribution < -0.4 is 5.32 Å². The molecule has 0 aliphatic rings. The Bertz CT molecular complexity index is 806. The molecule has 0 radical (unpaired) electrons. The molecule has 2 aromatic carbocycles. The number of imidazole rings is 1. The van der Waals surface area contributed by atoms with Crippen LogP contribution in [-0.2, 0) is 11.2 Å². The third-order valence-corrected chi connectivity index (χ3v) is 4.49. The SMILES string of the molecule is CC(C)CC(NC(=O)CCCc1ccccc1)c1nc2ccccc2[nH]1. The number of carbonyl (C=O) groups excluding carboxylic acids is 1. The van der Waals surface area contributed by atoms with Crippen LogP contribution in [0.3, 0.4) is 0 Å². The van der Waals surface area contributed by atoms with Crippen LogP contribution in [0.15, 0.2) is 54.6 Å². The summed E-state index contributed by atoms with van der Waals surface area (Å²) in [5, 5.41) is 3.18. The van der Waals surface area contributed by atoms with Crippen LogP contribution in [0.2, 0.25) is 0 Å². The van der Waals surface area contributed by atoms with Crippen molar-refractivity contribution in [3.05, 3.63) is 66.0 Å². The van der Waals surface area contributed by atoms with Gasteiger partial charge in [0.15, 0.2) is 0 Å². The zero-order valence-electron chi connectivity index (χ0n) is 15.5. The topological polar surface area (TPSA) is 57.8 Å². The lowest BCUT2D eigenvalue weighted by atomic mass is 10.0. The van der Waals surface area contributed by atoms with E-state index in [0.29, 0.717) is 12.3 Å². The maximum absolute atomic E-state index is 12.5. The third-order valence-electron chi connectivity index (χ3n) is 4.49. The molecule has 0 saturated carbocycles. The van der Waals surface area contributed by atoms with Gasteiger partial charge in [0.2, 0.25) is 5.91 Å². The summed E-state index contributed by atoms with van der Waals surface area (Å²) in [5.74, 6) is 1.40. The summed E-state index contributed by atoms with van der Waals surface area (Å²) in [6.45, 7) is 4.33. The molecule has 136 valence electrons. The highest BCUT2D eigenvalue weighted by atomic mass is 16.1. The number of hydrogen-bond acceptors (Lipinski definition) is 2. The van der Waals surface area contributed by atoms with Gasteiger partial charge in [-0.05, 0) is 42.9 Å². The van der Waals surface area contributed by atoms with E-state index in [-0.39, 0.29) is 11.9 Å². The normalized spacial score (nSPS) is 12.4. The Morgan fingerprint density at radius 3 is 2.54 bits per heavy atom. The van der Waals surface area contributed by atoms with Gasteiger partial charge in [-0.15, -0.1) is 0 Å². The van der Waals surface area contributed by atoms with Gasteiger partial charge in [0.1, 0.15) is 5.82 Å². The average molecular weight is 349 g/mol. The second-order valence-corrected chi connectivity index (χ2v) is 7.23. The summed E-state index contributed by atoms with van der Waals surface area (Å²) < 4.78 is 0. The molecule has 26 heavy (non-hydrogen) atoms. The summed E-state index contributed by atoms with van der Waals surface area (Å²) in [5.41, 5.74) is 3.22. The number of nitrogens with zero attached hydrogens (tertiary/aromatic N) is 1. The molecule has 0 aliphatic heterocycles. The van der Waals surface area contributed by atoms with E-state index in [0.717, 1.165) is 36.1 Å². The number of benzene rings is 2. The Hall–Kier alpha value is -2.62. The highest BCUT2D eigenvalue weighted by molar-refractivity contribution is 5.77. The van der Waals surface area contributed by atoms with Crippen LogP contribution in [0, 0.1) is 5.92 Å². The van der Waals surface area contributed by atoms with Crippen molar-refractivity contribution >= 4 is 16.9 Å². The van der Waals surface area contributed by atoms with E-state index in [4.69, 9.17) is 0 Å². The van der Waals surface area contributed by atoms with Gasteiger partial charge in [-0.2, -0.15) is 0 Å². The molecule has 1 amide bonds. The summed E-state index contributed by atoms with van der Waals surface area (Å²) in [7, 11) is 0. The number of H-pyrrole nitrogens is 1. The molecule has 0 fully saturated rings. The minimum Gasteiger partial charge on any atom is -0.346 e. The third kappa shape index (κ3) is 4.94. The van der Waals surface area contributed by atoms with Crippen molar-refractivity contribution in [3.63, 3.8) is 0 Å².